The minimum Gasteiger partial charge on any atom is -0.507 e. The molecule has 22 heavy (non-hydrogen) atoms. The minimum absolute atomic E-state index is 0.111. The first kappa shape index (κ1) is 18.5. The number of phenols is 1. The van der Waals surface area contributed by atoms with E-state index in [0.717, 1.165) is 27.8 Å². The van der Waals surface area contributed by atoms with Crippen molar-refractivity contribution in [2.24, 2.45) is 0 Å². The summed E-state index contributed by atoms with van der Waals surface area (Å²) in [6.07, 6.45) is 0.610. The van der Waals surface area contributed by atoms with Gasteiger partial charge < -0.3 is 10.2 Å². The number of hydrogen-bond donors (Lipinski definition) is 2. The number of aromatic hydroxyl groups is 1. The van der Waals surface area contributed by atoms with Crippen LogP contribution in [-0.2, 0) is 22.0 Å². The van der Waals surface area contributed by atoms with Gasteiger partial charge in [0, 0.05) is 17.5 Å². The van der Waals surface area contributed by atoms with Gasteiger partial charge in [-0.25, -0.2) is 0 Å². The number of benzene rings is 1. The Morgan fingerprint density at radius 3 is 1.55 bits per heavy atom. The number of carboxylic acids is 1. The molecule has 0 unspecified atom stereocenters. The molecule has 0 aliphatic rings. The zero-order chi connectivity index (χ0) is 17.5. The molecule has 2 N–H and O–H groups in total. The molecule has 0 aliphatic carbocycles. The average molecular weight is 306 g/mol. The molecule has 3 heteroatoms. The van der Waals surface area contributed by atoms with E-state index in [2.05, 4.69) is 41.5 Å². The maximum atomic E-state index is 11.0. The SMILES string of the molecule is Cc1c(CCC(=O)O)c(C)c(C(C)(C)C)c(O)c1C(C)(C)C. The quantitative estimate of drug-likeness (QED) is 0.856. The Morgan fingerprint density at radius 1 is 0.909 bits per heavy atom. The van der Waals surface area contributed by atoms with Crippen LogP contribution in [-0.4, -0.2) is 16.2 Å². The molecule has 1 aromatic rings. The average Bonchev–Trinajstić information content (AvgIpc) is 2.23. The van der Waals surface area contributed by atoms with Crippen molar-refractivity contribution in [3.63, 3.8) is 0 Å². The molecule has 0 radical (unpaired) electrons. The van der Waals surface area contributed by atoms with Crippen LogP contribution in [0.5, 0.6) is 5.75 Å². The Labute approximate surface area is 134 Å². The van der Waals surface area contributed by atoms with Crippen molar-refractivity contribution in [2.45, 2.75) is 79.1 Å². The second-order valence-corrected chi connectivity index (χ2v) is 8.22. The van der Waals surface area contributed by atoms with Gasteiger partial charge in [-0.1, -0.05) is 41.5 Å². The monoisotopic (exact) mass is 306 g/mol. The third kappa shape index (κ3) is 3.63. The lowest BCUT2D eigenvalue weighted by Gasteiger charge is -2.32. The van der Waals surface area contributed by atoms with Crippen LogP contribution >= 0.6 is 0 Å². The van der Waals surface area contributed by atoms with E-state index < -0.39 is 5.97 Å². The highest BCUT2D eigenvalue weighted by molar-refractivity contribution is 5.68. The predicted molar refractivity (Wildman–Crippen MR) is 90.9 cm³/mol. The van der Waals surface area contributed by atoms with Crippen molar-refractivity contribution in [3.8, 4) is 5.75 Å². The van der Waals surface area contributed by atoms with E-state index in [9.17, 15) is 9.90 Å². The highest BCUT2D eigenvalue weighted by Crippen LogP contribution is 2.44. The summed E-state index contributed by atoms with van der Waals surface area (Å²) >= 11 is 0. The zero-order valence-electron chi connectivity index (χ0n) is 15.2. The van der Waals surface area contributed by atoms with Gasteiger partial charge in [0.05, 0.1) is 0 Å². The number of aliphatic carboxylic acids is 1. The van der Waals surface area contributed by atoms with Gasteiger partial charge in [-0.2, -0.15) is 0 Å². The third-order valence-corrected chi connectivity index (χ3v) is 4.22. The minimum atomic E-state index is -0.790. The Morgan fingerprint density at radius 2 is 1.27 bits per heavy atom. The lowest BCUT2D eigenvalue weighted by Crippen LogP contribution is -2.22. The molecule has 0 bridgehead atoms. The molecule has 0 saturated heterocycles. The Kier molecular flexibility index (Phi) is 5.01. The fourth-order valence-corrected chi connectivity index (χ4v) is 3.51. The first-order valence-electron chi connectivity index (χ1n) is 7.86. The molecule has 0 aliphatic heterocycles. The summed E-state index contributed by atoms with van der Waals surface area (Å²) in [7, 11) is 0. The summed E-state index contributed by atoms with van der Waals surface area (Å²) in [4.78, 5) is 11.0. The van der Waals surface area contributed by atoms with E-state index >= 15 is 0 Å². The lowest BCUT2D eigenvalue weighted by atomic mass is 9.73. The second kappa shape index (κ2) is 5.94. The van der Waals surface area contributed by atoms with Gasteiger partial charge in [0.2, 0.25) is 0 Å². The molecule has 1 aromatic carbocycles. The molecular weight excluding hydrogens is 276 g/mol. The van der Waals surface area contributed by atoms with Gasteiger partial charge in [0.15, 0.2) is 0 Å². The third-order valence-electron chi connectivity index (χ3n) is 4.22. The summed E-state index contributed by atoms with van der Waals surface area (Å²) in [5.41, 5.74) is 4.59. The van der Waals surface area contributed by atoms with Gasteiger partial charge in [0.1, 0.15) is 5.75 Å². The molecular formula is C19H30O3. The number of rotatable bonds is 3. The standard InChI is InChI=1S/C19H30O3/c1-11-13(9-10-14(20)21)12(2)16(19(6,7)8)17(22)15(11)18(3,4)5/h22H,9-10H2,1-8H3,(H,20,21). The smallest absolute Gasteiger partial charge is 0.303 e. The molecule has 0 heterocycles. The first-order valence-corrected chi connectivity index (χ1v) is 7.86. The van der Waals surface area contributed by atoms with E-state index in [1.165, 1.54) is 0 Å². The van der Waals surface area contributed by atoms with Gasteiger partial charge in [-0.3, -0.25) is 4.79 Å². The van der Waals surface area contributed by atoms with Crippen LogP contribution in [0.25, 0.3) is 0 Å². The fourth-order valence-electron chi connectivity index (χ4n) is 3.51. The zero-order valence-corrected chi connectivity index (χ0v) is 15.2. The van der Waals surface area contributed by atoms with E-state index in [1.807, 2.05) is 13.8 Å². The van der Waals surface area contributed by atoms with Crippen LogP contribution in [0.3, 0.4) is 0 Å². The largest absolute Gasteiger partial charge is 0.507 e. The first-order chi connectivity index (χ1) is 9.78. The molecule has 0 fully saturated rings. The van der Waals surface area contributed by atoms with E-state index in [0.29, 0.717) is 12.2 Å². The van der Waals surface area contributed by atoms with Gasteiger partial charge in [-0.05, 0) is 47.8 Å². The normalized spacial score (nSPS) is 12.5. The summed E-state index contributed by atoms with van der Waals surface area (Å²) in [6, 6.07) is 0. The Bertz CT molecular complexity index is 543. The summed E-state index contributed by atoms with van der Waals surface area (Å²) in [6.45, 7) is 16.5. The molecule has 0 aromatic heterocycles. The van der Waals surface area contributed by atoms with E-state index in [-0.39, 0.29) is 17.3 Å². The maximum Gasteiger partial charge on any atom is 0.303 e. The summed E-state index contributed by atoms with van der Waals surface area (Å²) in [5.74, 6) is -0.421. The van der Waals surface area contributed by atoms with Crippen molar-refractivity contribution < 1.29 is 15.0 Å². The topological polar surface area (TPSA) is 57.5 Å². The number of carboxylic acid groups (broad SMARTS) is 1. The van der Waals surface area contributed by atoms with E-state index in [4.69, 9.17) is 5.11 Å². The molecule has 0 amide bonds. The Hall–Kier alpha value is -1.51. The highest BCUT2D eigenvalue weighted by atomic mass is 16.4. The van der Waals surface area contributed by atoms with Crippen LogP contribution in [0.4, 0.5) is 0 Å². The molecule has 0 saturated carbocycles. The molecule has 124 valence electrons. The number of phenolic OH excluding ortho intramolecular Hbond substituents is 1. The van der Waals surface area contributed by atoms with Crippen LogP contribution in [0.1, 0.15) is 75.8 Å². The van der Waals surface area contributed by atoms with Crippen molar-refractivity contribution in [1.29, 1.82) is 0 Å². The number of carbonyl (C=O) groups is 1. The summed E-state index contributed by atoms with van der Waals surface area (Å²) < 4.78 is 0. The van der Waals surface area contributed by atoms with Crippen LogP contribution in [0.15, 0.2) is 0 Å². The van der Waals surface area contributed by atoms with E-state index in [1.54, 1.807) is 0 Å². The van der Waals surface area contributed by atoms with Crippen molar-refractivity contribution in [3.05, 3.63) is 27.8 Å². The molecule has 0 spiro atoms. The Balaban J connectivity index is 3.74. The highest BCUT2D eigenvalue weighted by Gasteiger charge is 2.31. The van der Waals surface area contributed by atoms with Gasteiger partial charge >= 0.3 is 5.97 Å². The van der Waals surface area contributed by atoms with Crippen molar-refractivity contribution in [2.75, 3.05) is 0 Å². The van der Waals surface area contributed by atoms with Gasteiger partial charge in [0.25, 0.3) is 0 Å². The van der Waals surface area contributed by atoms with Crippen LogP contribution < -0.4 is 0 Å². The van der Waals surface area contributed by atoms with Crippen LogP contribution in [0.2, 0.25) is 0 Å². The molecule has 3 nitrogen and oxygen atoms in total. The van der Waals surface area contributed by atoms with Crippen molar-refractivity contribution in [1.82, 2.24) is 0 Å². The lowest BCUT2D eigenvalue weighted by molar-refractivity contribution is -0.136. The van der Waals surface area contributed by atoms with Gasteiger partial charge in [-0.15, -0.1) is 0 Å². The summed E-state index contributed by atoms with van der Waals surface area (Å²) in [5, 5.41) is 19.9. The molecule has 0 atom stereocenters. The second-order valence-electron chi connectivity index (χ2n) is 8.22. The van der Waals surface area contributed by atoms with Crippen molar-refractivity contribution >= 4 is 5.97 Å². The van der Waals surface area contributed by atoms with Crippen LogP contribution in [0, 0.1) is 13.8 Å². The fraction of sp³-hybridized carbons (Fsp3) is 0.632. The maximum absolute atomic E-state index is 11.0. The molecule has 1 rings (SSSR count). The predicted octanol–water partition coefficient (Wildman–Crippen LogP) is 4.62. The number of hydrogen-bond acceptors (Lipinski definition) is 2.